The van der Waals surface area contributed by atoms with Crippen LogP contribution in [0.5, 0.6) is 0 Å². The smallest absolute Gasteiger partial charge is 0.310 e. The highest BCUT2D eigenvalue weighted by Gasteiger charge is 2.33. The molecule has 0 fully saturated rings. The molecule has 2 heterocycles. The molecular formula is C15H12F3N3O2. The monoisotopic (exact) mass is 323 g/mol. The maximum absolute atomic E-state index is 12.7. The third-order valence-electron chi connectivity index (χ3n) is 3.63. The summed E-state index contributed by atoms with van der Waals surface area (Å²) in [5.74, 6) is -0.469. The van der Waals surface area contributed by atoms with Crippen molar-refractivity contribution < 1.29 is 18.0 Å². The number of aromatic nitrogens is 2. The first-order valence-electron chi connectivity index (χ1n) is 6.90. The van der Waals surface area contributed by atoms with E-state index in [-0.39, 0.29) is 0 Å². The lowest BCUT2D eigenvalue weighted by molar-refractivity contribution is -0.142. The fraction of sp³-hybridized carbons (Fsp3) is 0.267. The van der Waals surface area contributed by atoms with Crippen LogP contribution in [0.15, 0.2) is 41.2 Å². The van der Waals surface area contributed by atoms with Gasteiger partial charge in [-0.2, -0.15) is 18.3 Å². The number of rotatable bonds is 2. The van der Waals surface area contributed by atoms with Gasteiger partial charge in [0.05, 0.1) is 0 Å². The van der Waals surface area contributed by atoms with Crippen LogP contribution in [0.4, 0.5) is 18.9 Å². The van der Waals surface area contributed by atoms with E-state index in [2.05, 4.69) is 5.10 Å². The number of nitrogens with zero attached hydrogens (tertiary/aromatic N) is 3. The highest BCUT2D eigenvalue weighted by Crippen LogP contribution is 2.28. The highest BCUT2D eigenvalue weighted by atomic mass is 19.4. The SMILES string of the molecule is O=C(Cn1nc(C(F)(F)F)ccc1=O)N1CCc2ccccc21. The Kier molecular flexibility index (Phi) is 3.67. The summed E-state index contributed by atoms with van der Waals surface area (Å²) in [6.45, 7) is -0.0943. The number of benzene rings is 1. The molecule has 0 N–H and O–H groups in total. The third-order valence-corrected chi connectivity index (χ3v) is 3.63. The van der Waals surface area contributed by atoms with Crippen molar-refractivity contribution in [2.45, 2.75) is 19.1 Å². The second kappa shape index (κ2) is 5.53. The molecule has 3 rings (SSSR count). The van der Waals surface area contributed by atoms with Crippen LogP contribution in [0.1, 0.15) is 11.3 Å². The molecule has 8 heteroatoms. The van der Waals surface area contributed by atoms with Crippen molar-refractivity contribution in [3.8, 4) is 0 Å². The molecule has 1 aromatic carbocycles. The van der Waals surface area contributed by atoms with E-state index in [0.29, 0.717) is 23.7 Å². The molecule has 0 spiro atoms. The summed E-state index contributed by atoms with van der Waals surface area (Å²) in [7, 11) is 0. The van der Waals surface area contributed by atoms with Crippen LogP contribution < -0.4 is 10.5 Å². The molecule has 0 radical (unpaired) electrons. The number of halogens is 3. The van der Waals surface area contributed by atoms with Crippen molar-refractivity contribution in [3.05, 3.63) is 58.0 Å². The number of amides is 1. The summed E-state index contributed by atoms with van der Waals surface area (Å²) < 4.78 is 38.5. The van der Waals surface area contributed by atoms with Crippen LogP contribution in [0.3, 0.4) is 0 Å². The predicted octanol–water partition coefficient (Wildman–Crippen LogP) is 1.85. The molecule has 1 aliphatic rings. The Morgan fingerprint density at radius 3 is 2.65 bits per heavy atom. The fourth-order valence-corrected chi connectivity index (χ4v) is 2.52. The molecule has 1 amide bonds. The number of alkyl halides is 3. The Bertz CT molecular complexity index is 814. The van der Waals surface area contributed by atoms with Gasteiger partial charge in [-0.25, -0.2) is 4.68 Å². The van der Waals surface area contributed by atoms with E-state index in [4.69, 9.17) is 0 Å². The van der Waals surface area contributed by atoms with E-state index in [9.17, 15) is 22.8 Å². The topological polar surface area (TPSA) is 55.2 Å². The average molecular weight is 323 g/mol. The van der Waals surface area contributed by atoms with Crippen molar-refractivity contribution in [1.82, 2.24) is 9.78 Å². The molecule has 1 aliphatic heterocycles. The Morgan fingerprint density at radius 2 is 1.91 bits per heavy atom. The first kappa shape index (κ1) is 15.3. The quantitative estimate of drug-likeness (QED) is 0.847. The van der Waals surface area contributed by atoms with Crippen LogP contribution in [0, 0.1) is 0 Å². The van der Waals surface area contributed by atoms with E-state index in [0.717, 1.165) is 17.3 Å². The van der Waals surface area contributed by atoms with E-state index in [1.807, 2.05) is 12.1 Å². The van der Waals surface area contributed by atoms with Crippen molar-refractivity contribution >= 4 is 11.6 Å². The maximum atomic E-state index is 12.7. The zero-order chi connectivity index (χ0) is 16.6. The van der Waals surface area contributed by atoms with Gasteiger partial charge >= 0.3 is 6.18 Å². The summed E-state index contributed by atoms with van der Waals surface area (Å²) in [4.78, 5) is 25.5. The predicted molar refractivity (Wildman–Crippen MR) is 76.0 cm³/mol. The Hall–Kier alpha value is -2.64. The number of anilines is 1. The van der Waals surface area contributed by atoms with Gasteiger partial charge in [-0.3, -0.25) is 9.59 Å². The van der Waals surface area contributed by atoms with E-state index >= 15 is 0 Å². The molecule has 0 aliphatic carbocycles. The number of fused-ring (bicyclic) bond motifs is 1. The van der Waals surface area contributed by atoms with Gasteiger partial charge in [0.1, 0.15) is 6.54 Å². The van der Waals surface area contributed by atoms with Gasteiger partial charge in [0.25, 0.3) is 5.56 Å². The number of carbonyl (C=O) groups is 1. The third kappa shape index (κ3) is 2.96. The van der Waals surface area contributed by atoms with Crippen molar-refractivity contribution in [2.24, 2.45) is 0 Å². The maximum Gasteiger partial charge on any atom is 0.435 e. The fourth-order valence-electron chi connectivity index (χ4n) is 2.52. The first-order chi connectivity index (χ1) is 10.9. The minimum atomic E-state index is -4.67. The van der Waals surface area contributed by atoms with Gasteiger partial charge < -0.3 is 4.90 Å². The number of hydrogen-bond donors (Lipinski definition) is 0. The summed E-state index contributed by atoms with van der Waals surface area (Å²) in [5.41, 5.74) is -0.242. The lowest BCUT2D eigenvalue weighted by atomic mass is 10.2. The normalized spacial score (nSPS) is 14.0. The van der Waals surface area contributed by atoms with E-state index in [1.165, 1.54) is 4.90 Å². The Balaban J connectivity index is 1.86. The molecule has 0 saturated heterocycles. The van der Waals surface area contributed by atoms with E-state index < -0.39 is 29.9 Å². The van der Waals surface area contributed by atoms with Gasteiger partial charge in [0.15, 0.2) is 5.69 Å². The Morgan fingerprint density at radius 1 is 1.17 bits per heavy atom. The molecule has 0 bridgehead atoms. The summed E-state index contributed by atoms with van der Waals surface area (Å²) in [5, 5.41) is 3.24. The standard InChI is InChI=1S/C15H12F3N3O2/c16-15(17,18)12-5-6-13(22)21(19-12)9-14(23)20-8-7-10-3-1-2-4-11(10)20/h1-6H,7-9H2. The molecule has 23 heavy (non-hydrogen) atoms. The zero-order valence-electron chi connectivity index (χ0n) is 11.9. The van der Waals surface area contributed by atoms with Crippen molar-refractivity contribution in [2.75, 3.05) is 11.4 Å². The second-order valence-corrected chi connectivity index (χ2v) is 5.14. The van der Waals surface area contributed by atoms with Crippen LogP contribution in [-0.4, -0.2) is 22.2 Å². The molecule has 0 unspecified atom stereocenters. The van der Waals surface area contributed by atoms with Gasteiger partial charge in [0, 0.05) is 18.3 Å². The summed E-state index contributed by atoms with van der Waals surface area (Å²) >= 11 is 0. The van der Waals surface area contributed by atoms with Crippen LogP contribution >= 0.6 is 0 Å². The molecule has 120 valence electrons. The minimum Gasteiger partial charge on any atom is -0.310 e. The number of hydrogen-bond acceptors (Lipinski definition) is 3. The lowest BCUT2D eigenvalue weighted by Gasteiger charge is -2.18. The molecule has 2 aromatic rings. The largest absolute Gasteiger partial charge is 0.435 e. The molecule has 1 aromatic heterocycles. The molecule has 0 atom stereocenters. The number of para-hydroxylation sites is 1. The molecule has 5 nitrogen and oxygen atoms in total. The van der Waals surface area contributed by atoms with E-state index in [1.54, 1.807) is 12.1 Å². The highest BCUT2D eigenvalue weighted by molar-refractivity contribution is 5.95. The van der Waals surface area contributed by atoms with Crippen LogP contribution in [0.2, 0.25) is 0 Å². The van der Waals surface area contributed by atoms with Gasteiger partial charge in [-0.1, -0.05) is 18.2 Å². The molecular weight excluding hydrogens is 311 g/mol. The van der Waals surface area contributed by atoms with Crippen LogP contribution in [0.25, 0.3) is 0 Å². The average Bonchev–Trinajstić information content (AvgIpc) is 2.92. The van der Waals surface area contributed by atoms with Crippen molar-refractivity contribution in [3.63, 3.8) is 0 Å². The lowest BCUT2D eigenvalue weighted by Crippen LogP contribution is -2.37. The number of carbonyl (C=O) groups excluding carboxylic acids is 1. The van der Waals surface area contributed by atoms with Crippen molar-refractivity contribution in [1.29, 1.82) is 0 Å². The van der Waals surface area contributed by atoms with Gasteiger partial charge in [0.2, 0.25) is 5.91 Å². The zero-order valence-corrected chi connectivity index (χ0v) is 11.9. The minimum absolute atomic E-state index is 0.436. The molecule has 0 saturated carbocycles. The Labute approximate surface area is 129 Å². The van der Waals surface area contributed by atoms with Gasteiger partial charge in [-0.05, 0) is 24.1 Å². The van der Waals surface area contributed by atoms with Crippen LogP contribution in [-0.2, 0) is 23.9 Å². The summed E-state index contributed by atoms with van der Waals surface area (Å²) in [6, 6.07) is 8.65. The van der Waals surface area contributed by atoms with Gasteiger partial charge in [-0.15, -0.1) is 0 Å². The summed E-state index contributed by atoms with van der Waals surface area (Å²) in [6.07, 6.45) is -3.99. The second-order valence-electron chi connectivity index (χ2n) is 5.14. The first-order valence-corrected chi connectivity index (χ1v) is 6.90.